The highest BCUT2D eigenvalue weighted by atomic mass is 32.1. The number of hydrogen-bond acceptors (Lipinski definition) is 7. The second kappa shape index (κ2) is 10.0. The molecule has 41 heavy (non-hydrogen) atoms. The third-order valence-electron chi connectivity index (χ3n) is 7.54. The second-order valence-electron chi connectivity index (χ2n) is 10.2. The molecule has 0 atom stereocenters. The van der Waals surface area contributed by atoms with Gasteiger partial charge in [0.15, 0.2) is 17.3 Å². The number of amides is 1. The van der Waals surface area contributed by atoms with Crippen molar-refractivity contribution in [2.75, 3.05) is 5.32 Å². The number of imidazole rings is 1. The Hall–Kier alpha value is -4.77. The minimum absolute atomic E-state index is 0.00283. The van der Waals surface area contributed by atoms with Crippen LogP contribution in [0.3, 0.4) is 0 Å². The Morgan fingerprint density at radius 3 is 2.73 bits per heavy atom. The van der Waals surface area contributed by atoms with Crippen molar-refractivity contribution in [3.8, 4) is 33.1 Å². The van der Waals surface area contributed by atoms with Gasteiger partial charge in [0, 0.05) is 39.9 Å². The van der Waals surface area contributed by atoms with Gasteiger partial charge < -0.3 is 10.3 Å². The van der Waals surface area contributed by atoms with Crippen LogP contribution in [-0.2, 0) is 4.79 Å². The summed E-state index contributed by atoms with van der Waals surface area (Å²) in [6.07, 6.45) is 8.70. The lowest BCUT2D eigenvalue weighted by atomic mass is 10.0. The minimum Gasteiger partial charge on any atom is -0.335 e. The number of carbonyl (C=O) groups excluding carboxylic acids is 2. The lowest BCUT2D eigenvalue weighted by molar-refractivity contribution is -0.119. The van der Waals surface area contributed by atoms with E-state index in [1.54, 1.807) is 42.9 Å². The van der Waals surface area contributed by atoms with Gasteiger partial charge in [-0.15, -0.1) is 11.3 Å². The summed E-state index contributed by atoms with van der Waals surface area (Å²) in [5, 5.41) is 10.5. The molecule has 1 amide bonds. The number of rotatable bonds is 6. The number of thiophene rings is 1. The molecule has 5 aromatic heterocycles. The van der Waals surface area contributed by atoms with E-state index in [1.807, 2.05) is 12.1 Å². The maximum Gasteiger partial charge on any atom is 0.227 e. The Kier molecular flexibility index (Phi) is 6.15. The van der Waals surface area contributed by atoms with E-state index in [2.05, 4.69) is 35.5 Å². The van der Waals surface area contributed by atoms with Crippen LogP contribution in [0.1, 0.15) is 42.3 Å². The SMILES string of the molecule is CC(=O)c1ccc(-c2ccnc3nc(-c4n[nH]c5ccc(-c6cncc(NC(=O)C7CCCC7)c6)c(F)c45)[nH]c23)s1. The van der Waals surface area contributed by atoms with Crippen molar-refractivity contribution in [2.45, 2.75) is 32.6 Å². The van der Waals surface area contributed by atoms with Crippen LogP contribution in [0.2, 0.25) is 0 Å². The third kappa shape index (κ3) is 4.48. The first-order chi connectivity index (χ1) is 20.0. The molecule has 1 aliphatic carbocycles. The Bertz CT molecular complexity index is 1970. The smallest absolute Gasteiger partial charge is 0.227 e. The molecule has 0 aliphatic heterocycles. The van der Waals surface area contributed by atoms with Gasteiger partial charge in [-0.3, -0.25) is 19.7 Å². The Labute approximate surface area is 237 Å². The summed E-state index contributed by atoms with van der Waals surface area (Å²) < 4.78 is 16.2. The van der Waals surface area contributed by atoms with Gasteiger partial charge in [0.05, 0.1) is 33.2 Å². The maximum absolute atomic E-state index is 16.2. The van der Waals surface area contributed by atoms with Crippen molar-refractivity contribution in [3.05, 3.63) is 65.7 Å². The molecule has 3 N–H and O–H groups in total. The molecule has 5 heterocycles. The number of benzene rings is 1. The summed E-state index contributed by atoms with van der Waals surface area (Å²) in [7, 11) is 0. The van der Waals surface area contributed by atoms with Gasteiger partial charge in [0.2, 0.25) is 5.91 Å². The van der Waals surface area contributed by atoms with E-state index in [-0.39, 0.29) is 23.0 Å². The van der Waals surface area contributed by atoms with Crippen molar-refractivity contribution < 1.29 is 14.0 Å². The summed E-state index contributed by atoms with van der Waals surface area (Å²) in [6, 6.07) is 10.7. The molecule has 0 unspecified atom stereocenters. The molecule has 1 aliphatic rings. The number of H-pyrrole nitrogens is 2. The molecule has 7 rings (SSSR count). The number of nitrogens with zero attached hydrogens (tertiary/aromatic N) is 4. The molecule has 1 aromatic carbocycles. The first-order valence-electron chi connectivity index (χ1n) is 13.4. The van der Waals surface area contributed by atoms with Crippen molar-refractivity contribution in [1.29, 1.82) is 0 Å². The van der Waals surface area contributed by atoms with Gasteiger partial charge in [-0.05, 0) is 56.2 Å². The molecule has 0 spiro atoms. The van der Waals surface area contributed by atoms with Crippen LogP contribution in [-0.4, -0.2) is 41.8 Å². The van der Waals surface area contributed by atoms with Gasteiger partial charge in [0.1, 0.15) is 11.5 Å². The quantitative estimate of drug-likeness (QED) is 0.191. The van der Waals surface area contributed by atoms with E-state index in [0.29, 0.717) is 49.9 Å². The van der Waals surface area contributed by atoms with E-state index in [1.165, 1.54) is 18.3 Å². The zero-order valence-electron chi connectivity index (χ0n) is 22.0. The van der Waals surface area contributed by atoms with Crippen LogP contribution in [0.5, 0.6) is 0 Å². The number of aromatic nitrogens is 6. The van der Waals surface area contributed by atoms with Gasteiger partial charge in [-0.2, -0.15) is 5.10 Å². The fourth-order valence-corrected chi connectivity index (χ4v) is 6.39. The molecule has 0 bridgehead atoms. The van der Waals surface area contributed by atoms with Gasteiger partial charge in [-0.1, -0.05) is 12.8 Å². The highest BCUT2D eigenvalue weighted by molar-refractivity contribution is 7.17. The van der Waals surface area contributed by atoms with Gasteiger partial charge in [0.25, 0.3) is 0 Å². The predicted octanol–water partition coefficient (Wildman–Crippen LogP) is 6.76. The lowest BCUT2D eigenvalue weighted by Crippen LogP contribution is -2.20. The van der Waals surface area contributed by atoms with E-state index in [4.69, 9.17) is 0 Å². The number of ketones is 1. The number of anilines is 1. The van der Waals surface area contributed by atoms with Crippen molar-refractivity contribution >= 4 is 50.8 Å². The summed E-state index contributed by atoms with van der Waals surface area (Å²) in [5.41, 5.74) is 4.19. The average molecular weight is 566 g/mol. The summed E-state index contributed by atoms with van der Waals surface area (Å²) in [5.74, 6) is -0.128. The minimum atomic E-state index is -0.481. The van der Waals surface area contributed by atoms with Crippen LogP contribution in [0.15, 0.2) is 55.0 Å². The molecular formula is C30H24FN7O2S. The van der Waals surface area contributed by atoms with E-state index >= 15 is 4.39 Å². The van der Waals surface area contributed by atoms with Gasteiger partial charge >= 0.3 is 0 Å². The summed E-state index contributed by atoms with van der Waals surface area (Å²) in [6.45, 7) is 1.54. The van der Waals surface area contributed by atoms with Gasteiger partial charge in [-0.25, -0.2) is 14.4 Å². The zero-order chi connectivity index (χ0) is 28.1. The number of Topliss-reactive ketones (excluding diaryl/α,β-unsaturated/α-hetero) is 1. The van der Waals surface area contributed by atoms with Crippen molar-refractivity contribution in [1.82, 2.24) is 30.1 Å². The number of aromatic amines is 2. The van der Waals surface area contributed by atoms with E-state index in [9.17, 15) is 9.59 Å². The Morgan fingerprint density at radius 1 is 1.07 bits per heavy atom. The first kappa shape index (κ1) is 25.2. The molecule has 204 valence electrons. The molecule has 1 saturated carbocycles. The normalized spacial score (nSPS) is 13.8. The molecule has 0 radical (unpaired) electrons. The standard InChI is InChI=1S/C30H24FN7O2S/c1-15(39)22-8-9-23(41-22)20-10-11-33-28-26(20)35-29(36-28)27-24-21(37-38-27)7-6-19(25(24)31)17-12-18(14-32-13-17)34-30(40)16-4-2-3-5-16/h6-14,16H,2-5H2,1H3,(H,34,40)(H,37,38)(H,33,35,36). The number of pyridine rings is 2. The van der Waals surface area contributed by atoms with E-state index in [0.717, 1.165) is 36.1 Å². The largest absolute Gasteiger partial charge is 0.335 e. The molecule has 6 aromatic rings. The van der Waals surface area contributed by atoms with Crippen molar-refractivity contribution in [2.24, 2.45) is 5.92 Å². The maximum atomic E-state index is 16.2. The predicted molar refractivity (Wildman–Crippen MR) is 156 cm³/mol. The monoisotopic (exact) mass is 565 g/mol. The molecule has 11 heteroatoms. The topological polar surface area (TPSA) is 129 Å². The molecule has 0 saturated heterocycles. The fourth-order valence-electron chi connectivity index (χ4n) is 5.46. The highest BCUT2D eigenvalue weighted by Gasteiger charge is 2.24. The van der Waals surface area contributed by atoms with Crippen molar-refractivity contribution in [3.63, 3.8) is 0 Å². The van der Waals surface area contributed by atoms with Crippen LogP contribution >= 0.6 is 11.3 Å². The number of halogens is 1. The van der Waals surface area contributed by atoms with E-state index < -0.39 is 5.82 Å². The number of nitrogens with one attached hydrogen (secondary N) is 3. The van der Waals surface area contributed by atoms with Crippen LogP contribution < -0.4 is 5.32 Å². The van der Waals surface area contributed by atoms with Crippen LogP contribution in [0.25, 0.3) is 55.2 Å². The molecule has 9 nitrogen and oxygen atoms in total. The van der Waals surface area contributed by atoms with Crippen LogP contribution in [0, 0.1) is 11.7 Å². The Morgan fingerprint density at radius 2 is 1.93 bits per heavy atom. The summed E-state index contributed by atoms with van der Waals surface area (Å²) in [4.78, 5) is 42.6. The number of fused-ring (bicyclic) bond motifs is 2. The third-order valence-corrected chi connectivity index (χ3v) is 8.76. The average Bonchev–Trinajstić information content (AvgIpc) is 3.78. The molecular weight excluding hydrogens is 541 g/mol. The Balaban J connectivity index is 1.27. The molecule has 1 fully saturated rings. The zero-order valence-corrected chi connectivity index (χ0v) is 22.8. The second-order valence-corrected chi connectivity index (χ2v) is 11.3. The van der Waals surface area contributed by atoms with Crippen LogP contribution in [0.4, 0.5) is 10.1 Å². The summed E-state index contributed by atoms with van der Waals surface area (Å²) >= 11 is 1.39. The number of hydrogen-bond donors (Lipinski definition) is 3. The first-order valence-corrected chi connectivity index (χ1v) is 14.2. The fraction of sp³-hybridized carbons (Fsp3) is 0.200. The highest BCUT2D eigenvalue weighted by Crippen LogP contribution is 2.37. The number of carbonyl (C=O) groups is 2. The lowest BCUT2D eigenvalue weighted by Gasteiger charge is -2.11.